The van der Waals surface area contributed by atoms with Crippen molar-refractivity contribution < 1.29 is 38.3 Å². The summed E-state index contributed by atoms with van der Waals surface area (Å²) in [4.78, 5) is 67.2. The van der Waals surface area contributed by atoms with E-state index in [0.717, 1.165) is 0 Å². The maximum atomic E-state index is 13.5. The number of amides is 4. The van der Waals surface area contributed by atoms with Crippen molar-refractivity contribution in [2.75, 3.05) is 62.7 Å². The summed E-state index contributed by atoms with van der Waals surface area (Å²) in [5, 5.41) is 26.0. The summed E-state index contributed by atoms with van der Waals surface area (Å²) in [6.45, 7) is 3.74. The van der Waals surface area contributed by atoms with Crippen molar-refractivity contribution in [2.45, 2.75) is 12.5 Å². The standard InChI is InChI=1S/C32H33FN6O8/c33-24-6-1-21(2-7-24)26(20-29(40)41)34-31(43)23-5-10-28(27(19-23)35-30(42)22-3-8-25(9-4-22)39(45)46)36-11-13-37(14-12-36)32(44)38-15-17-47-18-16-38/h1-10,19,26H,11-18,20H2,(H,34,43)(H,35,42)(H,40,41). The second-order valence-corrected chi connectivity index (χ2v) is 11.0. The van der Waals surface area contributed by atoms with Crippen molar-refractivity contribution in [1.82, 2.24) is 15.1 Å². The lowest BCUT2D eigenvalue weighted by Gasteiger charge is -2.39. The second kappa shape index (κ2) is 14.7. The first-order chi connectivity index (χ1) is 22.6. The number of benzene rings is 3. The largest absolute Gasteiger partial charge is 0.481 e. The smallest absolute Gasteiger partial charge is 0.320 e. The Labute approximate surface area is 268 Å². The summed E-state index contributed by atoms with van der Waals surface area (Å²) in [5.41, 5.74) is 1.33. The fourth-order valence-corrected chi connectivity index (χ4v) is 5.44. The number of morpholine rings is 1. The topological polar surface area (TPSA) is 175 Å². The molecule has 246 valence electrons. The van der Waals surface area contributed by atoms with Gasteiger partial charge in [-0.2, -0.15) is 0 Å². The first-order valence-corrected chi connectivity index (χ1v) is 14.9. The first-order valence-electron chi connectivity index (χ1n) is 14.9. The van der Waals surface area contributed by atoms with Crippen molar-refractivity contribution in [2.24, 2.45) is 0 Å². The Kier molecular flexibility index (Phi) is 10.3. The maximum absolute atomic E-state index is 13.5. The van der Waals surface area contributed by atoms with Crippen molar-refractivity contribution in [3.8, 4) is 0 Å². The molecule has 1 unspecified atom stereocenters. The van der Waals surface area contributed by atoms with Gasteiger partial charge in [-0.05, 0) is 48.0 Å². The number of nitrogens with zero attached hydrogens (tertiary/aromatic N) is 4. The number of hydrogen-bond acceptors (Lipinski definition) is 8. The van der Waals surface area contributed by atoms with Crippen molar-refractivity contribution in [3.05, 3.63) is 99.4 Å². The van der Waals surface area contributed by atoms with Gasteiger partial charge < -0.3 is 35.2 Å². The zero-order chi connectivity index (χ0) is 33.5. The lowest BCUT2D eigenvalue weighted by molar-refractivity contribution is -0.384. The van der Waals surface area contributed by atoms with Crippen molar-refractivity contribution >= 4 is 40.9 Å². The number of piperazine rings is 1. The summed E-state index contributed by atoms with van der Waals surface area (Å²) in [6.07, 6.45) is -0.452. The van der Waals surface area contributed by atoms with E-state index in [1.165, 1.54) is 54.6 Å². The molecule has 5 rings (SSSR count). The fourth-order valence-electron chi connectivity index (χ4n) is 5.44. The quantitative estimate of drug-likeness (QED) is 0.232. The average molecular weight is 649 g/mol. The number of carbonyl (C=O) groups is 4. The third-order valence-electron chi connectivity index (χ3n) is 7.98. The molecule has 2 saturated heterocycles. The minimum Gasteiger partial charge on any atom is -0.481 e. The van der Waals surface area contributed by atoms with Crippen LogP contribution < -0.4 is 15.5 Å². The molecule has 0 saturated carbocycles. The molecular formula is C32H33FN6O8. The molecule has 2 fully saturated rings. The van der Waals surface area contributed by atoms with Crippen LogP contribution in [0.25, 0.3) is 0 Å². The average Bonchev–Trinajstić information content (AvgIpc) is 3.08. The molecule has 0 spiro atoms. The van der Waals surface area contributed by atoms with E-state index in [1.807, 2.05) is 4.90 Å². The predicted molar refractivity (Wildman–Crippen MR) is 168 cm³/mol. The maximum Gasteiger partial charge on any atom is 0.320 e. The predicted octanol–water partition coefficient (Wildman–Crippen LogP) is 3.51. The van der Waals surface area contributed by atoms with E-state index in [1.54, 1.807) is 21.9 Å². The van der Waals surface area contributed by atoms with Gasteiger partial charge in [0.15, 0.2) is 0 Å². The number of nitro groups is 1. The van der Waals surface area contributed by atoms with Gasteiger partial charge in [-0.25, -0.2) is 9.18 Å². The Morgan fingerprint density at radius 2 is 1.47 bits per heavy atom. The number of non-ortho nitro benzene ring substituents is 1. The van der Waals surface area contributed by atoms with Crippen LogP contribution in [0.15, 0.2) is 66.7 Å². The first kappa shape index (κ1) is 32.8. The van der Waals surface area contributed by atoms with E-state index in [0.29, 0.717) is 63.7 Å². The molecule has 0 aliphatic carbocycles. The molecule has 2 aliphatic rings. The number of hydrogen-bond donors (Lipinski definition) is 3. The molecule has 3 aromatic rings. The number of aliphatic carboxylic acids is 1. The Bertz CT molecular complexity index is 1640. The van der Waals surface area contributed by atoms with E-state index >= 15 is 0 Å². The number of rotatable bonds is 9. The Morgan fingerprint density at radius 3 is 2.09 bits per heavy atom. The van der Waals surface area contributed by atoms with Crippen molar-refractivity contribution in [1.29, 1.82) is 0 Å². The third-order valence-corrected chi connectivity index (χ3v) is 7.98. The van der Waals surface area contributed by atoms with Gasteiger partial charge in [0.2, 0.25) is 0 Å². The zero-order valence-electron chi connectivity index (χ0n) is 25.3. The number of nitrogens with one attached hydrogen (secondary N) is 2. The van der Waals surface area contributed by atoms with E-state index in [-0.39, 0.29) is 28.5 Å². The summed E-state index contributed by atoms with van der Waals surface area (Å²) >= 11 is 0. The zero-order valence-corrected chi connectivity index (χ0v) is 25.3. The minimum atomic E-state index is -1.17. The molecular weight excluding hydrogens is 615 g/mol. The van der Waals surface area contributed by atoms with Gasteiger partial charge in [0.1, 0.15) is 5.82 Å². The Morgan fingerprint density at radius 1 is 0.851 bits per heavy atom. The highest BCUT2D eigenvalue weighted by atomic mass is 19.1. The van der Waals surface area contributed by atoms with Crippen LogP contribution >= 0.6 is 0 Å². The van der Waals surface area contributed by atoms with Gasteiger partial charge in [-0.1, -0.05) is 12.1 Å². The number of carboxylic acid groups (broad SMARTS) is 1. The second-order valence-electron chi connectivity index (χ2n) is 11.0. The van der Waals surface area contributed by atoms with Crippen LogP contribution in [0.2, 0.25) is 0 Å². The molecule has 15 heteroatoms. The summed E-state index contributed by atoms with van der Waals surface area (Å²) in [6, 6.07) is 13.8. The van der Waals surface area contributed by atoms with Gasteiger partial charge in [-0.15, -0.1) is 0 Å². The monoisotopic (exact) mass is 648 g/mol. The van der Waals surface area contributed by atoms with Crippen LogP contribution in [0.4, 0.5) is 26.2 Å². The van der Waals surface area contributed by atoms with Crippen LogP contribution in [0.5, 0.6) is 0 Å². The SMILES string of the molecule is O=C(O)CC(NC(=O)c1ccc(N2CCN(C(=O)N3CCOCC3)CC2)c(NC(=O)c2ccc([N+](=O)[O-])cc2)c1)c1ccc(F)cc1. The van der Waals surface area contributed by atoms with Crippen LogP contribution in [0.1, 0.15) is 38.7 Å². The minimum absolute atomic E-state index is 0.0660. The van der Waals surface area contributed by atoms with Gasteiger partial charge >= 0.3 is 12.0 Å². The number of carbonyl (C=O) groups excluding carboxylic acids is 3. The van der Waals surface area contributed by atoms with Crippen LogP contribution in [0, 0.1) is 15.9 Å². The molecule has 3 N–H and O–H groups in total. The molecule has 14 nitrogen and oxygen atoms in total. The highest BCUT2D eigenvalue weighted by Gasteiger charge is 2.28. The van der Waals surface area contributed by atoms with Crippen LogP contribution in [0.3, 0.4) is 0 Å². The molecule has 0 aromatic heterocycles. The number of anilines is 2. The van der Waals surface area contributed by atoms with E-state index in [2.05, 4.69) is 10.6 Å². The summed E-state index contributed by atoms with van der Waals surface area (Å²) < 4.78 is 18.8. The fraction of sp³-hybridized carbons (Fsp3) is 0.312. The van der Waals surface area contributed by atoms with Crippen LogP contribution in [-0.4, -0.2) is 96.1 Å². The lowest BCUT2D eigenvalue weighted by Crippen LogP contribution is -2.54. The van der Waals surface area contributed by atoms with Gasteiger partial charge in [-0.3, -0.25) is 24.5 Å². The number of ether oxygens (including phenoxy) is 1. The molecule has 3 aromatic carbocycles. The highest BCUT2D eigenvalue weighted by molar-refractivity contribution is 6.07. The summed E-state index contributed by atoms with van der Waals surface area (Å²) in [7, 11) is 0. The molecule has 4 amide bonds. The molecule has 47 heavy (non-hydrogen) atoms. The van der Waals surface area contributed by atoms with E-state index < -0.39 is 41.0 Å². The molecule has 0 bridgehead atoms. The van der Waals surface area contributed by atoms with E-state index in [9.17, 15) is 38.8 Å². The molecule has 2 heterocycles. The van der Waals surface area contributed by atoms with Crippen LogP contribution in [-0.2, 0) is 9.53 Å². The normalized spacial score (nSPS) is 15.5. The van der Waals surface area contributed by atoms with Gasteiger partial charge in [0.25, 0.3) is 17.5 Å². The number of nitro benzene ring substituents is 1. The Balaban J connectivity index is 1.38. The molecule has 0 radical (unpaired) electrons. The number of urea groups is 1. The van der Waals surface area contributed by atoms with Gasteiger partial charge in [0.05, 0.1) is 42.0 Å². The lowest BCUT2D eigenvalue weighted by atomic mass is 10.0. The molecule has 2 aliphatic heterocycles. The number of halogens is 1. The summed E-state index contributed by atoms with van der Waals surface area (Å²) in [5.74, 6) is -2.88. The highest BCUT2D eigenvalue weighted by Crippen LogP contribution is 2.30. The van der Waals surface area contributed by atoms with Gasteiger partial charge in [0, 0.05) is 62.5 Å². The van der Waals surface area contributed by atoms with E-state index in [4.69, 9.17) is 4.74 Å². The third kappa shape index (κ3) is 8.18. The number of carboxylic acids is 1. The van der Waals surface area contributed by atoms with Crippen molar-refractivity contribution in [3.63, 3.8) is 0 Å². The Hall–Kier alpha value is -5.57. The molecule has 1 atom stereocenters.